The first kappa shape index (κ1) is 19.7. The summed E-state index contributed by atoms with van der Waals surface area (Å²) in [4.78, 5) is 0. The Labute approximate surface area is 132 Å². The van der Waals surface area contributed by atoms with Gasteiger partial charge in [-0.15, -0.1) is 0 Å². The maximum atomic E-state index is 5.72. The van der Waals surface area contributed by atoms with Crippen LogP contribution < -0.4 is 0 Å². The summed E-state index contributed by atoms with van der Waals surface area (Å²) in [5.74, 6) is 0. The van der Waals surface area contributed by atoms with E-state index in [-0.39, 0.29) is 0 Å². The Morgan fingerprint density at radius 2 is 1.11 bits per heavy atom. The molecule has 0 aliphatic rings. The number of hydrogen-bond donors (Lipinski definition) is 2. The van der Waals surface area contributed by atoms with E-state index in [1.54, 1.807) is 0 Å². The molecule has 0 aromatic carbocycles. The van der Waals surface area contributed by atoms with Crippen molar-refractivity contribution >= 4 is 25.3 Å². The Balaban J connectivity index is 3.30. The van der Waals surface area contributed by atoms with Gasteiger partial charge < -0.3 is 4.74 Å². The Bertz CT molecular complexity index is 158. The highest BCUT2D eigenvalue weighted by molar-refractivity contribution is 7.81. The highest BCUT2D eigenvalue weighted by Gasteiger charge is 2.06. The molecule has 0 saturated carbocycles. The normalized spacial score (nSPS) is 14.5. The summed E-state index contributed by atoms with van der Waals surface area (Å²) < 4.78 is 5.72. The zero-order valence-corrected chi connectivity index (χ0v) is 14.7. The molecule has 0 amide bonds. The van der Waals surface area contributed by atoms with E-state index in [4.69, 9.17) is 4.74 Å². The summed E-state index contributed by atoms with van der Waals surface area (Å²) >= 11 is 9.17. The molecule has 0 aliphatic heterocycles. The molecule has 0 aromatic heterocycles. The minimum absolute atomic E-state index is 0.400. The van der Waals surface area contributed by atoms with Gasteiger partial charge in [0, 0.05) is 10.5 Å². The maximum Gasteiger partial charge on any atom is 0.0583 e. The van der Waals surface area contributed by atoms with E-state index >= 15 is 0 Å². The third kappa shape index (κ3) is 14.9. The molecule has 2 atom stereocenters. The molecular formula is C16H34OS2. The Morgan fingerprint density at radius 1 is 0.684 bits per heavy atom. The third-order valence-electron chi connectivity index (χ3n) is 3.40. The molecule has 0 radical (unpaired) electrons. The fourth-order valence-corrected chi connectivity index (χ4v) is 2.70. The van der Waals surface area contributed by atoms with Crippen molar-refractivity contribution in [1.29, 1.82) is 0 Å². The highest BCUT2D eigenvalue weighted by Crippen LogP contribution is 2.13. The molecule has 0 rings (SSSR count). The molecule has 0 spiro atoms. The Kier molecular flexibility index (Phi) is 15.6. The van der Waals surface area contributed by atoms with Crippen LogP contribution in [0.3, 0.4) is 0 Å². The first-order chi connectivity index (χ1) is 9.20. The fraction of sp³-hybridized carbons (Fsp3) is 1.00. The van der Waals surface area contributed by atoms with Gasteiger partial charge in [-0.3, -0.25) is 0 Å². The summed E-state index contributed by atoms with van der Waals surface area (Å²) in [6, 6.07) is 0. The lowest BCUT2D eigenvalue weighted by atomic mass is 10.1. The van der Waals surface area contributed by atoms with Crippen molar-refractivity contribution in [3.8, 4) is 0 Å². The van der Waals surface area contributed by atoms with E-state index in [1.165, 1.54) is 64.2 Å². The molecule has 0 heterocycles. The van der Waals surface area contributed by atoms with Gasteiger partial charge in [0.05, 0.1) is 13.2 Å². The largest absolute Gasteiger partial charge is 0.379 e. The summed E-state index contributed by atoms with van der Waals surface area (Å²) in [5.41, 5.74) is 0. The number of thiol groups is 2. The van der Waals surface area contributed by atoms with Crippen LogP contribution >= 0.6 is 25.3 Å². The van der Waals surface area contributed by atoms with Gasteiger partial charge in [0.25, 0.3) is 0 Å². The topological polar surface area (TPSA) is 9.23 Å². The first-order valence-corrected chi connectivity index (χ1v) is 9.17. The monoisotopic (exact) mass is 306 g/mol. The zero-order valence-electron chi connectivity index (χ0n) is 12.9. The second kappa shape index (κ2) is 15.1. The minimum atomic E-state index is 0.400. The molecule has 1 nitrogen and oxygen atoms in total. The number of unbranched alkanes of at least 4 members (excludes halogenated alkanes) is 6. The lowest BCUT2D eigenvalue weighted by molar-refractivity contribution is 0.133. The molecule has 2 unspecified atom stereocenters. The molecule has 0 fully saturated rings. The third-order valence-corrected chi connectivity index (χ3v) is 4.22. The van der Waals surface area contributed by atoms with E-state index < -0.39 is 0 Å². The van der Waals surface area contributed by atoms with Gasteiger partial charge in [0.1, 0.15) is 0 Å². The lowest BCUT2D eigenvalue weighted by Gasteiger charge is -2.14. The van der Waals surface area contributed by atoms with Crippen LogP contribution in [0.25, 0.3) is 0 Å². The van der Waals surface area contributed by atoms with Gasteiger partial charge >= 0.3 is 0 Å². The minimum Gasteiger partial charge on any atom is -0.379 e. The first-order valence-electron chi connectivity index (χ1n) is 8.14. The molecule has 116 valence electrons. The molecule has 19 heavy (non-hydrogen) atoms. The molecule has 0 aliphatic carbocycles. The van der Waals surface area contributed by atoms with E-state index in [9.17, 15) is 0 Å². The van der Waals surface area contributed by atoms with E-state index in [0.717, 1.165) is 13.2 Å². The number of hydrogen-bond acceptors (Lipinski definition) is 3. The SMILES string of the molecule is CCCCCCC(S)COCC(S)CCCCCC. The predicted molar refractivity (Wildman–Crippen MR) is 93.9 cm³/mol. The number of ether oxygens (including phenoxy) is 1. The van der Waals surface area contributed by atoms with Crippen LogP contribution in [-0.4, -0.2) is 23.7 Å². The van der Waals surface area contributed by atoms with Gasteiger partial charge in [0.2, 0.25) is 0 Å². The van der Waals surface area contributed by atoms with Crippen molar-refractivity contribution in [3.63, 3.8) is 0 Å². The van der Waals surface area contributed by atoms with Crippen LogP contribution in [0.5, 0.6) is 0 Å². The summed E-state index contributed by atoms with van der Waals surface area (Å²) in [6.07, 6.45) is 12.9. The molecular weight excluding hydrogens is 272 g/mol. The highest BCUT2D eigenvalue weighted by atomic mass is 32.1. The smallest absolute Gasteiger partial charge is 0.0583 e. The van der Waals surface area contributed by atoms with E-state index in [2.05, 4.69) is 39.1 Å². The lowest BCUT2D eigenvalue weighted by Crippen LogP contribution is -2.15. The van der Waals surface area contributed by atoms with E-state index in [0.29, 0.717) is 10.5 Å². The van der Waals surface area contributed by atoms with Crippen LogP contribution in [0.1, 0.15) is 78.1 Å². The van der Waals surface area contributed by atoms with Gasteiger partial charge in [-0.2, -0.15) is 25.3 Å². The average Bonchev–Trinajstić information content (AvgIpc) is 2.40. The van der Waals surface area contributed by atoms with Crippen LogP contribution in [-0.2, 0) is 4.74 Å². The van der Waals surface area contributed by atoms with Crippen molar-refractivity contribution < 1.29 is 4.74 Å². The van der Waals surface area contributed by atoms with Crippen molar-refractivity contribution in [1.82, 2.24) is 0 Å². The molecule has 0 aromatic rings. The average molecular weight is 307 g/mol. The quantitative estimate of drug-likeness (QED) is 0.316. The predicted octanol–water partition coefficient (Wildman–Crippen LogP) is 5.54. The van der Waals surface area contributed by atoms with Crippen LogP contribution in [0.15, 0.2) is 0 Å². The Morgan fingerprint density at radius 3 is 1.47 bits per heavy atom. The van der Waals surface area contributed by atoms with Crippen molar-refractivity contribution in [2.45, 2.75) is 88.6 Å². The molecule has 0 N–H and O–H groups in total. The zero-order chi connectivity index (χ0) is 14.3. The second-order valence-corrected chi connectivity index (χ2v) is 7.00. The molecule has 3 heteroatoms. The summed E-state index contributed by atoms with van der Waals surface area (Å²) in [5, 5.41) is 0.801. The van der Waals surface area contributed by atoms with Gasteiger partial charge in [-0.25, -0.2) is 0 Å². The van der Waals surface area contributed by atoms with Crippen LogP contribution in [0.4, 0.5) is 0 Å². The molecule has 0 bridgehead atoms. The van der Waals surface area contributed by atoms with Gasteiger partial charge in [-0.1, -0.05) is 65.2 Å². The standard InChI is InChI=1S/C16H34OS2/c1-3-5-7-9-11-15(18)13-17-14-16(19)12-10-8-6-4-2/h15-16,18-19H,3-14H2,1-2H3. The van der Waals surface area contributed by atoms with E-state index in [1.807, 2.05) is 0 Å². The maximum absolute atomic E-state index is 5.72. The Hall–Kier alpha value is 0.660. The number of rotatable bonds is 14. The van der Waals surface area contributed by atoms with Crippen molar-refractivity contribution in [2.24, 2.45) is 0 Å². The van der Waals surface area contributed by atoms with Crippen molar-refractivity contribution in [3.05, 3.63) is 0 Å². The van der Waals surface area contributed by atoms with Gasteiger partial charge in [0.15, 0.2) is 0 Å². The van der Waals surface area contributed by atoms with Crippen LogP contribution in [0.2, 0.25) is 0 Å². The van der Waals surface area contributed by atoms with Crippen molar-refractivity contribution in [2.75, 3.05) is 13.2 Å². The van der Waals surface area contributed by atoms with Crippen LogP contribution in [0, 0.1) is 0 Å². The fourth-order valence-electron chi connectivity index (χ4n) is 2.12. The summed E-state index contributed by atoms with van der Waals surface area (Å²) in [6.45, 7) is 6.05. The molecule has 0 saturated heterocycles. The second-order valence-electron chi connectivity index (χ2n) is 5.54. The van der Waals surface area contributed by atoms with Gasteiger partial charge in [-0.05, 0) is 12.8 Å². The summed E-state index contributed by atoms with van der Waals surface area (Å²) in [7, 11) is 0.